The second-order valence-corrected chi connectivity index (χ2v) is 6.55. The number of fused-ring (bicyclic) bond motifs is 3. The van der Waals surface area contributed by atoms with Crippen LogP contribution in [0.15, 0.2) is 55.0 Å². The first-order valence-electron chi connectivity index (χ1n) is 8.36. The molecule has 0 aliphatic heterocycles. The molecule has 3 aromatic heterocycles. The molecule has 9 heteroatoms. The Balaban J connectivity index is 1.69. The Morgan fingerprint density at radius 3 is 2.75 bits per heavy atom. The minimum atomic E-state index is 0.0448. The average Bonchev–Trinajstić information content (AvgIpc) is 3.31. The van der Waals surface area contributed by atoms with E-state index in [1.807, 2.05) is 18.2 Å². The van der Waals surface area contributed by atoms with Crippen LogP contribution in [0.2, 0.25) is 5.02 Å². The third-order valence-electron chi connectivity index (χ3n) is 4.47. The number of nitrogens with zero attached hydrogens (tertiary/aromatic N) is 6. The molecule has 2 aromatic carbocycles. The average molecular weight is 393 g/mol. The van der Waals surface area contributed by atoms with Gasteiger partial charge in [0.1, 0.15) is 17.8 Å². The van der Waals surface area contributed by atoms with Gasteiger partial charge in [0.25, 0.3) is 0 Å². The lowest BCUT2D eigenvalue weighted by molar-refractivity contribution is 0.408. The first-order chi connectivity index (χ1) is 13.7. The number of hydrogen-bond acceptors (Lipinski definition) is 6. The topological polar surface area (TPSA) is 90.4 Å². The van der Waals surface area contributed by atoms with Crippen LogP contribution in [0.1, 0.15) is 0 Å². The van der Waals surface area contributed by atoms with Gasteiger partial charge in [-0.2, -0.15) is 5.10 Å². The van der Waals surface area contributed by atoms with E-state index in [0.29, 0.717) is 33.5 Å². The van der Waals surface area contributed by atoms with Gasteiger partial charge in [-0.05, 0) is 30.3 Å². The minimum Gasteiger partial charge on any atom is -0.507 e. The Morgan fingerprint density at radius 1 is 1.07 bits per heavy atom. The van der Waals surface area contributed by atoms with Gasteiger partial charge in [0, 0.05) is 11.1 Å². The van der Waals surface area contributed by atoms with Crippen molar-refractivity contribution in [3.05, 3.63) is 60.0 Å². The van der Waals surface area contributed by atoms with Crippen LogP contribution in [0.3, 0.4) is 0 Å². The van der Waals surface area contributed by atoms with Crippen molar-refractivity contribution in [3.8, 4) is 28.6 Å². The SMILES string of the molecule is COc1ccc(-c2nnc3c4cnn(-c5cccc(Cl)c5)c4ncn23)c(O)c1. The Hall–Kier alpha value is -3.65. The van der Waals surface area contributed by atoms with Crippen molar-refractivity contribution in [2.24, 2.45) is 0 Å². The summed E-state index contributed by atoms with van der Waals surface area (Å²) in [5.41, 5.74) is 2.54. The maximum atomic E-state index is 10.3. The largest absolute Gasteiger partial charge is 0.507 e. The van der Waals surface area contributed by atoms with E-state index in [-0.39, 0.29) is 5.75 Å². The highest BCUT2D eigenvalue weighted by atomic mass is 35.5. The van der Waals surface area contributed by atoms with Crippen LogP contribution >= 0.6 is 11.6 Å². The predicted octanol–water partition coefficient (Wildman–Crippen LogP) is 3.50. The summed E-state index contributed by atoms with van der Waals surface area (Å²) >= 11 is 6.09. The van der Waals surface area contributed by atoms with Crippen LogP contribution in [-0.2, 0) is 0 Å². The van der Waals surface area contributed by atoms with Gasteiger partial charge in [0.2, 0.25) is 0 Å². The maximum Gasteiger partial charge on any atom is 0.175 e. The number of ether oxygens (including phenoxy) is 1. The number of halogens is 1. The smallest absolute Gasteiger partial charge is 0.175 e. The van der Waals surface area contributed by atoms with Gasteiger partial charge < -0.3 is 9.84 Å². The van der Waals surface area contributed by atoms with E-state index in [0.717, 1.165) is 11.1 Å². The molecule has 0 aliphatic carbocycles. The number of aromatic hydroxyl groups is 1. The standard InChI is InChI=1S/C19H13ClN6O2/c1-28-13-5-6-14(16(27)8-13)18-23-24-19-15-9-22-26(17(15)21-10-25(18)19)12-4-2-3-11(20)7-12/h2-10,27H,1H3. The molecule has 0 fully saturated rings. The zero-order chi connectivity index (χ0) is 19.3. The summed E-state index contributed by atoms with van der Waals surface area (Å²) in [6.45, 7) is 0. The first-order valence-corrected chi connectivity index (χ1v) is 8.74. The number of benzene rings is 2. The fraction of sp³-hybridized carbons (Fsp3) is 0.0526. The summed E-state index contributed by atoms with van der Waals surface area (Å²) in [6, 6.07) is 12.4. The molecule has 0 saturated carbocycles. The number of hydrogen-bond donors (Lipinski definition) is 1. The molecule has 0 saturated heterocycles. The van der Waals surface area contributed by atoms with Crippen LogP contribution in [0.5, 0.6) is 11.5 Å². The van der Waals surface area contributed by atoms with Crippen LogP contribution in [0.25, 0.3) is 33.8 Å². The lowest BCUT2D eigenvalue weighted by atomic mass is 10.2. The lowest BCUT2D eigenvalue weighted by Gasteiger charge is -2.06. The minimum absolute atomic E-state index is 0.0448. The van der Waals surface area contributed by atoms with Crippen molar-refractivity contribution in [1.82, 2.24) is 29.4 Å². The van der Waals surface area contributed by atoms with Gasteiger partial charge in [-0.1, -0.05) is 17.7 Å². The van der Waals surface area contributed by atoms with Gasteiger partial charge >= 0.3 is 0 Å². The third kappa shape index (κ3) is 2.46. The van der Waals surface area contributed by atoms with Gasteiger partial charge in [-0.15, -0.1) is 10.2 Å². The van der Waals surface area contributed by atoms with E-state index >= 15 is 0 Å². The molecule has 3 heterocycles. The summed E-state index contributed by atoms with van der Waals surface area (Å²) in [5, 5.41) is 24.6. The summed E-state index contributed by atoms with van der Waals surface area (Å²) < 4.78 is 8.54. The van der Waals surface area contributed by atoms with E-state index in [2.05, 4.69) is 20.3 Å². The first kappa shape index (κ1) is 16.5. The fourth-order valence-electron chi connectivity index (χ4n) is 3.13. The molecule has 5 rings (SSSR count). The van der Waals surface area contributed by atoms with Crippen molar-refractivity contribution in [1.29, 1.82) is 0 Å². The number of aromatic nitrogens is 6. The fourth-order valence-corrected chi connectivity index (χ4v) is 3.31. The summed E-state index contributed by atoms with van der Waals surface area (Å²) in [4.78, 5) is 4.53. The Kier molecular flexibility index (Phi) is 3.66. The summed E-state index contributed by atoms with van der Waals surface area (Å²) in [5.74, 6) is 1.07. The van der Waals surface area contributed by atoms with Gasteiger partial charge in [0.05, 0.1) is 29.9 Å². The number of rotatable bonds is 3. The molecule has 5 aromatic rings. The Morgan fingerprint density at radius 2 is 1.96 bits per heavy atom. The monoisotopic (exact) mass is 392 g/mol. The van der Waals surface area contributed by atoms with E-state index in [4.69, 9.17) is 16.3 Å². The van der Waals surface area contributed by atoms with Crippen molar-refractivity contribution < 1.29 is 9.84 Å². The van der Waals surface area contributed by atoms with Crippen molar-refractivity contribution in [2.75, 3.05) is 7.11 Å². The van der Waals surface area contributed by atoms with E-state index in [9.17, 15) is 5.11 Å². The maximum absolute atomic E-state index is 10.3. The zero-order valence-corrected chi connectivity index (χ0v) is 15.4. The van der Waals surface area contributed by atoms with E-state index in [1.54, 1.807) is 46.9 Å². The number of phenolic OH excluding ortho intramolecular Hbond substituents is 1. The third-order valence-corrected chi connectivity index (χ3v) is 4.71. The summed E-state index contributed by atoms with van der Waals surface area (Å²) in [7, 11) is 1.54. The Labute approximate surface area is 163 Å². The van der Waals surface area contributed by atoms with Crippen LogP contribution in [0, 0.1) is 0 Å². The normalized spacial score (nSPS) is 11.4. The van der Waals surface area contributed by atoms with E-state index in [1.165, 1.54) is 6.07 Å². The molecule has 0 unspecified atom stereocenters. The molecule has 0 aliphatic rings. The quantitative estimate of drug-likeness (QED) is 0.505. The van der Waals surface area contributed by atoms with Gasteiger partial charge in [-0.25, -0.2) is 9.67 Å². The Bertz CT molecular complexity index is 1340. The van der Waals surface area contributed by atoms with Crippen molar-refractivity contribution in [2.45, 2.75) is 0 Å². The van der Waals surface area contributed by atoms with Crippen molar-refractivity contribution >= 4 is 28.3 Å². The second kappa shape index (κ2) is 6.21. The molecule has 28 heavy (non-hydrogen) atoms. The van der Waals surface area contributed by atoms with E-state index < -0.39 is 0 Å². The molecular weight excluding hydrogens is 380 g/mol. The highest BCUT2D eigenvalue weighted by Crippen LogP contribution is 2.32. The van der Waals surface area contributed by atoms with Crippen LogP contribution in [-0.4, -0.2) is 41.6 Å². The van der Waals surface area contributed by atoms with Crippen LogP contribution < -0.4 is 4.74 Å². The van der Waals surface area contributed by atoms with Crippen molar-refractivity contribution in [3.63, 3.8) is 0 Å². The molecule has 0 atom stereocenters. The molecule has 0 spiro atoms. The highest BCUT2D eigenvalue weighted by Gasteiger charge is 2.17. The number of methoxy groups -OCH3 is 1. The molecule has 0 bridgehead atoms. The molecule has 1 N–H and O–H groups in total. The second-order valence-electron chi connectivity index (χ2n) is 6.12. The zero-order valence-electron chi connectivity index (χ0n) is 14.6. The molecule has 0 radical (unpaired) electrons. The number of phenols is 1. The molecular formula is C19H13ClN6O2. The van der Waals surface area contributed by atoms with Gasteiger partial charge in [0.15, 0.2) is 17.1 Å². The summed E-state index contributed by atoms with van der Waals surface area (Å²) in [6.07, 6.45) is 3.30. The molecule has 138 valence electrons. The molecule has 0 amide bonds. The van der Waals surface area contributed by atoms with Crippen LogP contribution in [0.4, 0.5) is 0 Å². The van der Waals surface area contributed by atoms with Gasteiger partial charge in [-0.3, -0.25) is 4.40 Å². The predicted molar refractivity (Wildman–Crippen MR) is 104 cm³/mol. The highest BCUT2D eigenvalue weighted by molar-refractivity contribution is 6.30. The molecule has 8 nitrogen and oxygen atoms in total. The lowest BCUT2D eigenvalue weighted by Crippen LogP contribution is -1.99.